The molecule has 1 unspecified atom stereocenters. The maximum Gasteiger partial charge on any atom is 0.257 e. The van der Waals surface area contributed by atoms with Crippen LogP contribution in [0.25, 0.3) is 11.5 Å². The molecule has 1 N–H and O–H groups in total. The molecule has 0 radical (unpaired) electrons. The number of fused-ring (bicyclic) bond motifs is 1. The van der Waals surface area contributed by atoms with Crippen molar-refractivity contribution >= 4 is 0 Å². The zero-order valence-electron chi connectivity index (χ0n) is 10.7. The van der Waals surface area contributed by atoms with Gasteiger partial charge in [-0.15, -0.1) is 0 Å². The van der Waals surface area contributed by atoms with Gasteiger partial charge in [0, 0.05) is 24.6 Å². The molecule has 3 rings (SSSR count). The van der Waals surface area contributed by atoms with Gasteiger partial charge in [0.1, 0.15) is 0 Å². The highest BCUT2D eigenvalue weighted by Gasteiger charge is 2.16. The van der Waals surface area contributed by atoms with E-state index in [4.69, 9.17) is 4.52 Å². The number of aromatic nitrogens is 2. The van der Waals surface area contributed by atoms with Crippen molar-refractivity contribution in [3.8, 4) is 11.5 Å². The van der Waals surface area contributed by atoms with E-state index >= 15 is 0 Å². The molecule has 0 saturated heterocycles. The second kappa shape index (κ2) is 4.53. The molecule has 0 fully saturated rings. The van der Waals surface area contributed by atoms with E-state index in [0.717, 1.165) is 30.9 Å². The Hall–Kier alpha value is -1.68. The average molecular weight is 243 g/mol. The summed E-state index contributed by atoms with van der Waals surface area (Å²) < 4.78 is 5.35. The third-order valence-electron chi connectivity index (χ3n) is 3.58. The molecule has 4 heteroatoms. The van der Waals surface area contributed by atoms with E-state index in [0.29, 0.717) is 11.8 Å². The predicted octanol–water partition coefficient (Wildman–Crippen LogP) is 2.85. The molecule has 4 nitrogen and oxygen atoms in total. The Morgan fingerprint density at radius 3 is 3.00 bits per heavy atom. The predicted molar refractivity (Wildman–Crippen MR) is 69.0 cm³/mol. The van der Waals surface area contributed by atoms with Crippen LogP contribution in [0.3, 0.4) is 0 Å². The third-order valence-corrected chi connectivity index (χ3v) is 3.58. The van der Waals surface area contributed by atoms with Crippen molar-refractivity contribution in [1.29, 1.82) is 0 Å². The highest BCUT2D eigenvalue weighted by molar-refractivity contribution is 5.56. The van der Waals surface area contributed by atoms with E-state index in [9.17, 15) is 0 Å². The standard InChI is InChI=1S/C14H17N3O/c1-3-9(2)13-16-14(18-17-13)10-4-5-11-7-15-8-12(11)6-10/h4-6,9,15H,3,7-8H2,1-2H3. The molecule has 1 aromatic heterocycles. The molecule has 0 bridgehead atoms. The van der Waals surface area contributed by atoms with E-state index in [1.807, 2.05) is 0 Å². The maximum atomic E-state index is 5.35. The highest BCUT2D eigenvalue weighted by Crippen LogP contribution is 2.25. The number of hydrogen-bond donors (Lipinski definition) is 1. The van der Waals surface area contributed by atoms with Crippen molar-refractivity contribution in [1.82, 2.24) is 15.5 Å². The van der Waals surface area contributed by atoms with Gasteiger partial charge in [0.2, 0.25) is 0 Å². The van der Waals surface area contributed by atoms with Gasteiger partial charge in [-0.3, -0.25) is 0 Å². The smallest absolute Gasteiger partial charge is 0.257 e. The molecule has 0 aliphatic carbocycles. The van der Waals surface area contributed by atoms with Gasteiger partial charge >= 0.3 is 0 Å². The van der Waals surface area contributed by atoms with Crippen molar-refractivity contribution in [2.45, 2.75) is 39.3 Å². The maximum absolute atomic E-state index is 5.35. The van der Waals surface area contributed by atoms with Crippen molar-refractivity contribution in [3.05, 3.63) is 35.2 Å². The molecule has 94 valence electrons. The highest BCUT2D eigenvalue weighted by atomic mass is 16.5. The van der Waals surface area contributed by atoms with Crippen LogP contribution in [0.4, 0.5) is 0 Å². The summed E-state index contributed by atoms with van der Waals surface area (Å²) in [6, 6.07) is 6.33. The van der Waals surface area contributed by atoms with Crippen molar-refractivity contribution < 1.29 is 4.52 Å². The Labute approximate surface area is 106 Å². The minimum absolute atomic E-state index is 0.346. The third kappa shape index (κ3) is 1.93. The number of nitrogens with zero attached hydrogens (tertiary/aromatic N) is 2. The van der Waals surface area contributed by atoms with Crippen LogP contribution in [-0.4, -0.2) is 10.1 Å². The molecule has 0 amide bonds. The molecule has 1 atom stereocenters. The first-order valence-corrected chi connectivity index (χ1v) is 6.44. The van der Waals surface area contributed by atoms with Gasteiger partial charge in [-0.05, 0) is 29.7 Å². The summed E-state index contributed by atoms with van der Waals surface area (Å²) >= 11 is 0. The zero-order chi connectivity index (χ0) is 12.5. The number of hydrogen-bond acceptors (Lipinski definition) is 4. The monoisotopic (exact) mass is 243 g/mol. The van der Waals surface area contributed by atoms with Crippen LogP contribution >= 0.6 is 0 Å². The normalized spacial score (nSPS) is 15.7. The first-order valence-electron chi connectivity index (χ1n) is 6.44. The van der Waals surface area contributed by atoms with Gasteiger partial charge in [0.05, 0.1) is 0 Å². The zero-order valence-corrected chi connectivity index (χ0v) is 10.7. The average Bonchev–Trinajstić information content (AvgIpc) is 3.05. The fourth-order valence-corrected chi connectivity index (χ4v) is 2.16. The molecule has 1 aromatic carbocycles. The molecular weight excluding hydrogens is 226 g/mol. The lowest BCUT2D eigenvalue weighted by Gasteiger charge is -2.00. The van der Waals surface area contributed by atoms with E-state index in [-0.39, 0.29) is 0 Å². The van der Waals surface area contributed by atoms with Gasteiger partial charge in [-0.2, -0.15) is 4.98 Å². The van der Waals surface area contributed by atoms with Crippen LogP contribution in [0, 0.1) is 0 Å². The molecule has 18 heavy (non-hydrogen) atoms. The Balaban J connectivity index is 1.92. The summed E-state index contributed by atoms with van der Waals surface area (Å²) in [5, 5.41) is 7.39. The molecule has 2 heterocycles. The number of benzene rings is 1. The Kier molecular flexibility index (Phi) is 2.88. The van der Waals surface area contributed by atoms with Gasteiger partial charge in [-0.25, -0.2) is 0 Å². The largest absolute Gasteiger partial charge is 0.334 e. The van der Waals surface area contributed by atoms with E-state index in [1.165, 1.54) is 11.1 Å². The number of rotatable bonds is 3. The van der Waals surface area contributed by atoms with Crippen molar-refractivity contribution in [3.63, 3.8) is 0 Å². The van der Waals surface area contributed by atoms with E-state index in [2.05, 4.69) is 47.5 Å². The van der Waals surface area contributed by atoms with E-state index in [1.54, 1.807) is 0 Å². The van der Waals surface area contributed by atoms with Crippen LogP contribution in [-0.2, 0) is 13.1 Å². The summed E-state index contributed by atoms with van der Waals surface area (Å²) in [7, 11) is 0. The van der Waals surface area contributed by atoms with Crippen LogP contribution < -0.4 is 5.32 Å². The quantitative estimate of drug-likeness (QED) is 0.900. The lowest BCUT2D eigenvalue weighted by Crippen LogP contribution is -1.99. The summed E-state index contributed by atoms with van der Waals surface area (Å²) in [5.74, 6) is 1.77. The number of nitrogens with one attached hydrogen (secondary N) is 1. The Bertz CT molecular complexity index is 562. The van der Waals surface area contributed by atoms with Gasteiger partial charge in [0.25, 0.3) is 5.89 Å². The summed E-state index contributed by atoms with van der Waals surface area (Å²) in [4.78, 5) is 4.48. The minimum Gasteiger partial charge on any atom is -0.334 e. The van der Waals surface area contributed by atoms with Crippen molar-refractivity contribution in [2.75, 3.05) is 0 Å². The minimum atomic E-state index is 0.346. The summed E-state index contributed by atoms with van der Waals surface area (Å²) in [6.45, 7) is 6.12. The van der Waals surface area contributed by atoms with Crippen LogP contribution in [0.2, 0.25) is 0 Å². The SMILES string of the molecule is CCC(C)c1noc(-c2ccc3c(c2)CNC3)n1. The molecule has 2 aromatic rings. The van der Waals surface area contributed by atoms with Gasteiger partial charge in [0.15, 0.2) is 5.82 Å². The Morgan fingerprint density at radius 2 is 2.17 bits per heavy atom. The lowest BCUT2D eigenvalue weighted by molar-refractivity contribution is 0.416. The molecule has 1 aliphatic heterocycles. The fraction of sp³-hybridized carbons (Fsp3) is 0.429. The van der Waals surface area contributed by atoms with Crippen LogP contribution in [0.15, 0.2) is 22.7 Å². The fourth-order valence-electron chi connectivity index (χ4n) is 2.16. The second-order valence-corrected chi connectivity index (χ2v) is 4.85. The van der Waals surface area contributed by atoms with E-state index < -0.39 is 0 Å². The first-order chi connectivity index (χ1) is 8.78. The van der Waals surface area contributed by atoms with Crippen LogP contribution in [0.1, 0.15) is 43.1 Å². The first kappa shape index (κ1) is 11.4. The molecule has 0 spiro atoms. The molecule has 1 aliphatic rings. The van der Waals surface area contributed by atoms with Gasteiger partial charge < -0.3 is 9.84 Å². The van der Waals surface area contributed by atoms with Crippen molar-refractivity contribution in [2.24, 2.45) is 0 Å². The molecule has 0 saturated carbocycles. The summed E-state index contributed by atoms with van der Waals surface area (Å²) in [6.07, 6.45) is 1.02. The van der Waals surface area contributed by atoms with Crippen LogP contribution in [0.5, 0.6) is 0 Å². The molecular formula is C14H17N3O. The summed E-state index contributed by atoms with van der Waals surface area (Å²) in [5.41, 5.74) is 3.70. The Morgan fingerprint density at radius 1 is 1.33 bits per heavy atom. The topological polar surface area (TPSA) is 51.0 Å². The second-order valence-electron chi connectivity index (χ2n) is 4.85. The lowest BCUT2D eigenvalue weighted by atomic mass is 10.1. The van der Waals surface area contributed by atoms with Gasteiger partial charge in [-0.1, -0.05) is 25.1 Å².